The Labute approximate surface area is 186 Å². The van der Waals surface area contributed by atoms with Crippen molar-refractivity contribution in [2.45, 2.75) is 45.1 Å². The first-order chi connectivity index (χ1) is 15.0. The second-order valence-electron chi connectivity index (χ2n) is 8.17. The molecule has 0 aromatic carbocycles. The molecule has 172 valence electrons. The summed E-state index contributed by atoms with van der Waals surface area (Å²) in [5.41, 5.74) is 1.65. The number of hydrogen-bond acceptors (Lipinski definition) is 5. The van der Waals surface area contributed by atoms with E-state index in [4.69, 9.17) is 4.74 Å². The van der Waals surface area contributed by atoms with Crippen molar-refractivity contribution in [1.29, 1.82) is 0 Å². The van der Waals surface area contributed by atoms with Gasteiger partial charge in [0, 0.05) is 25.8 Å². The lowest BCUT2D eigenvalue weighted by atomic mass is 9.79. The minimum atomic E-state index is -0.231. The van der Waals surface area contributed by atoms with Crippen LogP contribution in [-0.4, -0.2) is 62.6 Å². The summed E-state index contributed by atoms with van der Waals surface area (Å²) in [7, 11) is 1.78. The maximum Gasteiger partial charge on any atom is 0.240 e. The first-order valence-corrected chi connectivity index (χ1v) is 11.2. The van der Waals surface area contributed by atoms with Gasteiger partial charge in [-0.25, -0.2) is 0 Å². The van der Waals surface area contributed by atoms with Gasteiger partial charge >= 0.3 is 0 Å². The van der Waals surface area contributed by atoms with Crippen molar-refractivity contribution >= 4 is 11.8 Å². The van der Waals surface area contributed by atoms with Crippen molar-refractivity contribution in [3.05, 3.63) is 48.4 Å². The summed E-state index contributed by atoms with van der Waals surface area (Å²) >= 11 is 0. The molecule has 1 aliphatic heterocycles. The number of allylic oxidation sites excluding steroid dienone is 4. The molecular formula is C24H38N4O3. The highest BCUT2D eigenvalue weighted by atomic mass is 16.5. The fourth-order valence-electron chi connectivity index (χ4n) is 3.76. The standard InChI is InChI=1S/C24H38N4O3/c1-5-9-21-19(6-2)12-8-13-25-22(29)16-27-18(3)17-28(4)24(30)23(20-10-7-11-20)26-14-15-31-21/h5-6,9,20,23,26-27H,2-3,7-8,10-17H2,1,4H3,(H,25,29)/b9-5-,21-19-. The van der Waals surface area contributed by atoms with Gasteiger partial charge in [-0.05, 0) is 50.2 Å². The molecule has 0 aromatic rings. The van der Waals surface area contributed by atoms with Crippen LogP contribution in [0.3, 0.4) is 0 Å². The summed E-state index contributed by atoms with van der Waals surface area (Å²) in [6.07, 6.45) is 10.5. The fraction of sp³-hybridized carbons (Fsp3) is 0.583. The first-order valence-electron chi connectivity index (χ1n) is 11.2. The molecule has 2 amide bonds. The third-order valence-electron chi connectivity index (χ3n) is 5.74. The molecule has 0 radical (unpaired) electrons. The van der Waals surface area contributed by atoms with E-state index in [0.717, 1.165) is 43.4 Å². The number of carbonyl (C=O) groups is 2. The average Bonchev–Trinajstić information content (AvgIpc) is 2.71. The minimum absolute atomic E-state index is 0.0502. The Hall–Kier alpha value is -2.54. The second-order valence-corrected chi connectivity index (χ2v) is 8.17. The van der Waals surface area contributed by atoms with Gasteiger partial charge in [0.2, 0.25) is 11.8 Å². The molecule has 2 rings (SSSR count). The molecule has 0 spiro atoms. The molecule has 1 unspecified atom stereocenters. The number of nitrogens with one attached hydrogen (secondary N) is 3. The van der Waals surface area contributed by atoms with E-state index in [1.807, 2.05) is 25.2 Å². The molecule has 7 nitrogen and oxygen atoms in total. The molecule has 1 atom stereocenters. The van der Waals surface area contributed by atoms with Crippen LogP contribution in [-0.2, 0) is 14.3 Å². The van der Waals surface area contributed by atoms with Crippen LogP contribution in [0.2, 0.25) is 0 Å². The third kappa shape index (κ3) is 7.90. The van der Waals surface area contributed by atoms with Crippen LogP contribution in [0.5, 0.6) is 0 Å². The minimum Gasteiger partial charge on any atom is -0.492 e. The Morgan fingerprint density at radius 1 is 1.16 bits per heavy atom. The molecule has 2 aliphatic rings. The van der Waals surface area contributed by atoms with E-state index in [-0.39, 0.29) is 24.4 Å². The molecule has 0 saturated heterocycles. The van der Waals surface area contributed by atoms with E-state index in [1.165, 1.54) is 0 Å². The van der Waals surface area contributed by atoms with E-state index in [2.05, 4.69) is 29.1 Å². The summed E-state index contributed by atoms with van der Waals surface area (Å²) < 4.78 is 6.03. The van der Waals surface area contributed by atoms with E-state index >= 15 is 0 Å². The van der Waals surface area contributed by atoms with Gasteiger partial charge in [-0.3, -0.25) is 9.59 Å². The Bertz CT molecular complexity index is 710. The van der Waals surface area contributed by atoms with Gasteiger partial charge in [-0.1, -0.05) is 31.7 Å². The highest BCUT2D eigenvalue weighted by Gasteiger charge is 2.34. The summed E-state index contributed by atoms with van der Waals surface area (Å²) in [6, 6.07) is -0.231. The lowest BCUT2D eigenvalue weighted by molar-refractivity contribution is -0.134. The monoisotopic (exact) mass is 430 g/mol. The Morgan fingerprint density at radius 2 is 1.94 bits per heavy atom. The van der Waals surface area contributed by atoms with E-state index < -0.39 is 0 Å². The number of nitrogens with zero attached hydrogens (tertiary/aromatic N) is 1. The number of carbonyl (C=O) groups excluding carboxylic acids is 2. The SMILES string of the molecule is C=C/C1=C(\C=C/C)OCCNC(C2CCC2)C(=O)N(C)CC(=C)NCC(=O)NCCC1. The van der Waals surface area contributed by atoms with Crippen LogP contribution in [0.15, 0.2) is 48.4 Å². The Balaban J connectivity index is 2.14. The van der Waals surface area contributed by atoms with E-state index in [0.29, 0.717) is 37.9 Å². The zero-order chi connectivity index (χ0) is 22.6. The van der Waals surface area contributed by atoms with Crippen LogP contribution in [0.25, 0.3) is 0 Å². The van der Waals surface area contributed by atoms with Gasteiger partial charge in [0.05, 0.1) is 19.1 Å². The van der Waals surface area contributed by atoms with E-state index in [1.54, 1.807) is 11.9 Å². The lowest BCUT2D eigenvalue weighted by Gasteiger charge is -2.36. The van der Waals surface area contributed by atoms with Crippen LogP contribution in [0.1, 0.15) is 39.0 Å². The van der Waals surface area contributed by atoms with Crippen molar-refractivity contribution in [3.63, 3.8) is 0 Å². The molecule has 0 aromatic heterocycles. The molecule has 31 heavy (non-hydrogen) atoms. The number of hydrogen-bond donors (Lipinski definition) is 3. The van der Waals surface area contributed by atoms with Gasteiger partial charge in [-0.2, -0.15) is 0 Å². The largest absolute Gasteiger partial charge is 0.492 e. The van der Waals surface area contributed by atoms with Crippen molar-refractivity contribution < 1.29 is 14.3 Å². The quantitative estimate of drug-likeness (QED) is 0.640. The number of amides is 2. The number of rotatable bonds is 3. The summed E-state index contributed by atoms with van der Waals surface area (Å²) in [5.74, 6) is 1.09. The van der Waals surface area contributed by atoms with Crippen LogP contribution >= 0.6 is 0 Å². The predicted molar refractivity (Wildman–Crippen MR) is 124 cm³/mol. The van der Waals surface area contributed by atoms with Gasteiger partial charge in [0.15, 0.2) is 0 Å². The zero-order valence-electron chi connectivity index (χ0n) is 19.0. The summed E-state index contributed by atoms with van der Waals surface area (Å²) in [5, 5.41) is 9.36. The summed E-state index contributed by atoms with van der Waals surface area (Å²) in [4.78, 5) is 26.9. The third-order valence-corrected chi connectivity index (χ3v) is 5.74. The molecule has 1 fully saturated rings. The van der Waals surface area contributed by atoms with Crippen LogP contribution in [0.4, 0.5) is 0 Å². The molecule has 0 bridgehead atoms. The topological polar surface area (TPSA) is 82.7 Å². The van der Waals surface area contributed by atoms with Gasteiger partial charge < -0.3 is 25.6 Å². The maximum atomic E-state index is 13.1. The molecule has 3 N–H and O–H groups in total. The molecule has 1 heterocycles. The maximum absolute atomic E-state index is 13.1. The Kier molecular flexibility index (Phi) is 10.4. The molecule has 1 aliphatic carbocycles. The van der Waals surface area contributed by atoms with Crippen molar-refractivity contribution in [2.24, 2.45) is 5.92 Å². The highest BCUT2D eigenvalue weighted by molar-refractivity contribution is 5.82. The normalized spacial score (nSPS) is 26.3. The van der Waals surface area contributed by atoms with Crippen LogP contribution in [0, 0.1) is 5.92 Å². The van der Waals surface area contributed by atoms with Crippen molar-refractivity contribution in [3.8, 4) is 0 Å². The number of likely N-dealkylation sites (N-methyl/N-ethyl adjacent to an activating group) is 1. The van der Waals surface area contributed by atoms with Gasteiger partial charge in [0.25, 0.3) is 0 Å². The van der Waals surface area contributed by atoms with Gasteiger partial charge in [0.1, 0.15) is 12.4 Å². The van der Waals surface area contributed by atoms with Crippen LogP contribution < -0.4 is 16.0 Å². The number of ether oxygens (including phenoxy) is 1. The highest BCUT2D eigenvalue weighted by Crippen LogP contribution is 2.30. The molecular weight excluding hydrogens is 392 g/mol. The van der Waals surface area contributed by atoms with Crippen molar-refractivity contribution in [2.75, 3.05) is 39.8 Å². The molecule has 7 heteroatoms. The lowest BCUT2D eigenvalue weighted by Crippen LogP contribution is -2.52. The first kappa shape index (κ1) is 24.7. The Morgan fingerprint density at radius 3 is 2.58 bits per heavy atom. The predicted octanol–water partition coefficient (Wildman–Crippen LogP) is 2.25. The van der Waals surface area contributed by atoms with Crippen molar-refractivity contribution in [1.82, 2.24) is 20.9 Å². The van der Waals surface area contributed by atoms with E-state index in [9.17, 15) is 9.59 Å². The summed E-state index contributed by atoms with van der Waals surface area (Å²) in [6.45, 7) is 12.0. The second kappa shape index (κ2) is 13.0. The average molecular weight is 431 g/mol. The van der Waals surface area contributed by atoms with Gasteiger partial charge in [-0.15, -0.1) is 0 Å². The smallest absolute Gasteiger partial charge is 0.240 e. The fourth-order valence-corrected chi connectivity index (χ4v) is 3.76. The zero-order valence-corrected chi connectivity index (χ0v) is 19.0. The molecule has 1 saturated carbocycles.